The van der Waals surface area contributed by atoms with Crippen LogP contribution in [0.4, 0.5) is 0 Å². The van der Waals surface area contributed by atoms with Crippen LogP contribution in [0.5, 0.6) is 0 Å². The van der Waals surface area contributed by atoms with Gasteiger partial charge in [0.25, 0.3) is 0 Å². The first-order valence-corrected chi connectivity index (χ1v) is 12.4. The Labute approximate surface area is 219 Å². The van der Waals surface area contributed by atoms with Crippen LogP contribution < -0.4 is 0 Å². The molecule has 1 heteroatoms. The zero-order chi connectivity index (χ0) is 25.9. The van der Waals surface area contributed by atoms with Crippen LogP contribution in [0, 0.1) is 6.92 Å². The Morgan fingerprint density at radius 2 is 1.19 bits per heavy atom. The largest absolute Gasteiger partial charge is 0.262 e. The molecule has 5 rings (SSSR count). The molecular formula is C36H29N. The van der Waals surface area contributed by atoms with Crippen LogP contribution in [0.25, 0.3) is 68.5 Å². The highest BCUT2D eigenvalue weighted by Gasteiger charge is 2.20. The predicted octanol–water partition coefficient (Wildman–Crippen LogP) is 10.1. The van der Waals surface area contributed by atoms with Crippen molar-refractivity contribution < 1.29 is 0 Å². The van der Waals surface area contributed by atoms with Gasteiger partial charge < -0.3 is 0 Å². The molecule has 1 aromatic heterocycles. The minimum Gasteiger partial charge on any atom is -0.262 e. The first-order valence-electron chi connectivity index (χ1n) is 12.4. The number of hydrogen-bond donors (Lipinski definition) is 0. The Balaban J connectivity index is 1.82. The van der Waals surface area contributed by atoms with E-state index < -0.39 is 0 Å². The maximum Gasteiger partial charge on any atom is 0.0378 e. The molecule has 0 spiro atoms. The Morgan fingerprint density at radius 1 is 0.568 bits per heavy atom. The molecule has 178 valence electrons. The average molecular weight is 476 g/mol. The molecule has 0 unspecified atom stereocenters. The molecule has 1 nitrogen and oxygen atoms in total. The smallest absolute Gasteiger partial charge is 0.0378 e. The van der Waals surface area contributed by atoms with Gasteiger partial charge in [-0.05, 0) is 85.5 Å². The van der Waals surface area contributed by atoms with Crippen molar-refractivity contribution in [3.8, 4) is 33.4 Å². The van der Waals surface area contributed by atoms with Gasteiger partial charge in [-0.15, -0.1) is 0 Å². The van der Waals surface area contributed by atoms with Crippen LogP contribution >= 0.6 is 0 Å². The van der Waals surface area contributed by atoms with Gasteiger partial charge in [0.05, 0.1) is 0 Å². The average Bonchev–Trinajstić information content (AvgIpc) is 2.95. The number of hydrogen-bond acceptors (Lipinski definition) is 1. The highest BCUT2D eigenvalue weighted by Crippen LogP contribution is 2.44. The molecule has 0 amide bonds. The van der Waals surface area contributed by atoms with E-state index in [2.05, 4.69) is 104 Å². The number of rotatable bonds is 7. The maximum atomic E-state index is 4.33. The molecule has 4 aromatic carbocycles. The highest BCUT2D eigenvalue weighted by atomic mass is 14.6. The quantitative estimate of drug-likeness (QED) is 0.228. The summed E-state index contributed by atoms with van der Waals surface area (Å²) in [5.74, 6) is 0. The molecule has 0 atom stereocenters. The molecule has 0 aliphatic rings. The van der Waals surface area contributed by atoms with E-state index in [0.29, 0.717) is 0 Å². The first-order chi connectivity index (χ1) is 18.1. The van der Waals surface area contributed by atoms with E-state index in [1.807, 2.05) is 43.5 Å². The summed E-state index contributed by atoms with van der Waals surface area (Å²) in [6.45, 7) is 18.6. The molecule has 37 heavy (non-hydrogen) atoms. The van der Waals surface area contributed by atoms with E-state index in [1.165, 1.54) is 5.39 Å². The molecule has 0 N–H and O–H groups in total. The van der Waals surface area contributed by atoms with Gasteiger partial charge in [0, 0.05) is 11.9 Å². The third-order valence-electron chi connectivity index (χ3n) is 6.94. The van der Waals surface area contributed by atoms with Crippen molar-refractivity contribution >= 4 is 35.1 Å². The fraction of sp³-hybridized carbons (Fsp3) is 0.0278. The minimum atomic E-state index is 1.01. The maximum absolute atomic E-state index is 4.33. The lowest BCUT2D eigenvalue weighted by atomic mass is 9.81. The van der Waals surface area contributed by atoms with Gasteiger partial charge in [0.2, 0.25) is 0 Å². The second-order valence-corrected chi connectivity index (χ2v) is 9.01. The zero-order valence-corrected chi connectivity index (χ0v) is 21.2. The third-order valence-corrected chi connectivity index (χ3v) is 6.94. The van der Waals surface area contributed by atoms with Crippen LogP contribution in [-0.4, -0.2) is 4.98 Å². The number of pyridine rings is 1. The predicted molar refractivity (Wildman–Crippen MR) is 163 cm³/mol. The van der Waals surface area contributed by atoms with E-state index >= 15 is 0 Å². The van der Waals surface area contributed by atoms with Gasteiger partial charge in [0.15, 0.2) is 0 Å². The fourth-order valence-electron chi connectivity index (χ4n) is 5.27. The zero-order valence-electron chi connectivity index (χ0n) is 21.2. The fourth-order valence-corrected chi connectivity index (χ4v) is 5.27. The number of fused-ring (bicyclic) bond motifs is 1. The van der Waals surface area contributed by atoms with Crippen LogP contribution in [-0.2, 0) is 0 Å². The third kappa shape index (κ3) is 4.15. The molecule has 0 saturated heterocycles. The number of nitrogens with zero attached hydrogens (tertiary/aromatic N) is 1. The summed E-state index contributed by atoms with van der Waals surface area (Å²) in [7, 11) is 0. The Kier molecular flexibility index (Phi) is 6.53. The monoisotopic (exact) mass is 475 g/mol. The minimum absolute atomic E-state index is 1.01. The van der Waals surface area contributed by atoms with Crippen molar-refractivity contribution in [1.82, 2.24) is 4.98 Å². The lowest BCUT2D eigenvalue weighted by Gasteiger charge is -2.22. The van der Waals surface area contributed by atoms with Crippen molar-refractivity contribution in [3.05, 3.63) is 139 Å². The lowest BCUT2D eigenvalue weighted by Crippen LogP contribution is -1.98. The van der Waals surface area contributed by atoms with E-state index in [9.17, 15) is 0 Å². The molecule has 0 saturated carbocycles. The topological polar surface area (TPSA) is 12.9 Å². The Hall–Kier alpha value is -4.75. The summed E-state index contributed by atoms with van der Waals surface area (Å²) in [5.41, 5.74) is 12.1. The summed E-state index contributed by atoms with van der Waals surface area (Å²) in [4.78, 5) is 4.33. The number of benzene rings is 4. The Bertz CT molecular complexity index is 1680. The van der Waals surface area contributed by atoms with Gasteiger partial charge in [-0.2, -0.15) is 0 Å². The normalized spacial score (nSPS) is 10.7. The second-order valence-electron chi connectivity index (χ2n) is 9.01. The van der Waals surface area contributed by atoms with Crippen LogP contribution in [0.1, 0.15) is 27.9 Å². The van der Waals surface area contributed by atoms with Crippen LogP contribution in [0.2, 0.25) is 0 Å². The lowest BCUT2D eigenvalue weighted by molar-refractivity contribution is 1.20. The summed E-state index contributed by atoms with van der Waals surface area (Å²) in [6, 6.07) is 27.8. The molecule has 1 heterocycles. The summed E-state index contributed by atoms with van der Waals surface area (Å²) in [5, 5.41) is 2.33. The van der Waals surface area contributed by atoms with Gasteiger partial charge in [-0.3, -0.25) is 4.98 Å². The Morgan fingerprint density at radius 3 is 1.81 bits per heavy atom. The summed E-state index contributed by atoms with van der Waals surface area (Å²) in [6.07, 6.45) is 9.55. The highest BCUT2D eigenvalue weighted by molar-refractivity contribution is 6.12. The van der Waals surface area contributed by atoms with Crippen molar-refractivity contribution in [1.29, 1.82) is 0 Å². The molecule has 0 radical (unpaired) electrons. The summed E-state index contributed by atoms with van der Waals surface area (Å²) >= 11 is 0. The number of aryl methyl sites for hydroxylation is 1. The van der Waals surface area contributed by atoms with Crippen LogP contribution in [0.3, 0.4) is 0 Å². The molecule has 0 aliphatic heterocycles. The molecular weight excluding hydrogens is 446 g/mol. The first kappa shape index (κ1) is 24.0. The van der Waals surface area contributed by atoms with Gasteiger partial charge in [0.1, 0.15) is 0 Å². The van der Waals surface area contributed by atoms with E-state index in [4.69, 9.17) is 0 Å². The van der Waals surface area contributed by atoms with Gasteiger partial charge >= 0.3 is 0 Å². The van der Waals surface area contributed by atoms with Crippen LogP contribution in [0.15, 0.2) is 111 Å². The van der Waals surface area contributed by atoms with Gasteiger partial charge in [-0.1, -0.05) is 117 Å². The van der Waals surface area contributed by atoms with E-state index in [-0.39, 0.29) is 0 Å². The second kappa shape index (κ2) is 10.1. The number of aromatic nitrogens is 1. The van der Waals surface area contributed by atoms with Crippen molar-refractivity contribution in [2.75, 3.05) is 0 Å². The summed E-state index contributed by atoms with van der Waals surface area (Å²) < 4.78 is 0. The van der Waals surface area contributed by atoms with E-state index in [0.717, 1.165) is 66.7 Å². The van der Waals surface area contributed by atoms with Crippen molar-refractivity contribution in [2.24, 2.45) is 0 Å². The van der Waals surface area contributed by atoms with Crippen molar-refractivity contribution in [2.45, 2.75) is 6.92 Å². The van der Waals surface area contributed by atoms with E-state index in [1.54, 1.807) is 0 Å². The molecule has 0 fully saturated rings. The standard InChI is InChI=1S/C36H29N/c1-6-25-13-12-16-32(29(25)7-2)36-31(9-4)30(8-3)35(33-14-10-11-15-34(33)36)27-19-17-26(18-20-27)28-21-22-37-24(5)23-28/h6-23H,1-4H2,5H3. The molecule has 0 bridgehead atoms. The van der Waals surface area contributed by atoms with Crippen molar-refractivity contribution in [3.63, 3.8) is 0 Å². The SMILES string of the molecule is C=Cc1cccc(-c2c(C=C)c(C=C)c(-c3ccc(-c4ccnc(C)c4)cc3)c3ccccc23)c1C=C. The molecule has 0 aliphatic carbocycles. The molecule has 5 aromatic rings. The van der Waals surface area contributed by atoms with Gasteiger partial charge in [-0.25, -0.2) is 0 Å².